The summed E-state index contributed by atoms with van der Waals surface area (Å²) in [6.07, 6.45) is 3.24. The summed E-state index contributed by atoms with van der Waals surface area (Å²) < 4.78 is 0. The largest absolute Gasteiger partial charge is 0.355 e. The standard InChI is InChI=1S/C6H10BrNO.Mg.2H/c7-5-3-1-2-4-8-6(5)9;;;/h5H,1-4H2,(H,8,9);;;. The number of hydrogen-bond donors (Lipinski definition) is 1. The molecular formula is C6H12BrMgNO. The molecule has 1 unspecified atom stereocenters. The van der Waals surface area contributed by atoms with Crippen LogP contribution in [0.5, 0.6) is 0 Å². The molecule has 1 fully saturated rings. The van der Waals surface area contributed by atoms with E-state index in [1.54, 1.807) is 0 Å². The molecular weight excluding hydrogens is 206 g/mol. The first-order valence-corrected chi connectivity index (χ1v) is 4.14. The second kappa shape index (κ2) is 5.38. The first-order chi connectivity index (χ1) is 4.30. The third kappa shape index (κ3) is 3.21. The lowest BCUT2D eigenvalue weighted by atomic mass is 10.2. The van der Waals surface area contributed by atoms with Crippen molar-refractivity contribution in [1.29, 1.82) is 0 Å². The van der Waals surface area contributed by atoms with Crippen LogP contribution >= 0.6 is 15.9 Å². The molecule has 1 amide bonds. The molecule has 1 atom stereocenters. The smallest absolute Gasteiger partial charge is 0.316 e. The summed E-state index contributed by atoms with van der Waals surface area (Å²) in [5.74, 6) is 0.146. The molecule has 0 bridgehead atoms. The summed E-state index contributed by atoms with van der Waals surface area (Å²) in [5, 5.41) is 2.81. The third-order valence-corrected chi connectivity index (χ3v) is 2.34. The Morgan fingerprint density at radius 1 is 1.50 bits per heavy atom. The molecule has 0 aliphatic carbocycles. The van der Waals surface area contributed by atoms with Gasteiger partial charge in [-0.3, -0.25) is 4.79 Å². The molecule has 10 heavy (non-hydrogen) atoms. The van der Waals surface area contributed by atoms with E-state index in [1.165, 1.54) is 0 Å². The van der Waals surface area contributed by atoms with E-state index in [-0.39, 0.29) is 33.8 Å². The minimum atomic E-state index is 0. The number of amides is 1. The van der Waals surface area contributed by atoms with Gasteiger partial charge in [-0.1, -0.05) is 22.4 Å². The third-order valence-electron chi connectivity index (χ3n) is 1.47. The molecule has 1 heterocycles. The van der Waals surface area contributed by atoms with Crippen LogP contribution in [0, 0.1) is 0 Å². The van der Waals surface area contributed by atoms with Crippen LogP contribution in [0.3, 0.4) is 0 Å². The Kier molecular flexibility index (Phi) is 5.76. The van der Waals surface area contributed by atoms with Gasteiger partial charge in [-0.05, 0) is 12.8 Å². The van der Waals surface area contributed by atoms with Gasteiger partial charge in [0.25, 0.3) is 0 Å². The van der Waals surface area contributed by atoms with Gasteiger partial charge in [-0.15, -0.1) is 0 Å². The first kappa shape index (κ1) is 10.7. The first-order valence-electron chi connectivity index (χ1n) is 3.22. The van der Waals surface area contributed by atoms with Crippen LogP contribution < -0.4 is 5.32 Å². The summed E-state index contributed by atoms with van der Waals surface area (Å²) in [6, 6.07) is 0. The van der Waals surface area contributed by atoms with E-state index in [1.807, 2.05) is 0 Å². The zero-order valence-electron chi connectivity index (χ0n) is 5.19. The highest BCUT2D eigenvalue weighted by Crippen LogP contribution is 2.12. The van der Waals surface area contributed by atoms with Gasteiger partial charge in [-0.25, -0.2) is 0 Å². The van der Waals surface area contributed by atoms with Crippen molar-refractivity contribution in [2.45, 2.75) is 24.1 Å². The van der Waals surface area contributed by atoms with Gasteiger partial charge in [-0.2, -0.15) is 0 Å². The minimum Gasteiger partial charge on any atom is -0.355 e. The van der Waals surface area contributed by atoms with Crippen LogP contribution in [0.1, 0.15) is 19.3 Å². The van der Waals surface area contributed by atoms with Gasteiger partial charge in [0.05, 0.1) is 4.83 Å². The quantitative estimate of drug-likeness (QED) is 0.455. The fourth-order valence-corrected chi connectivity index (χ4v) is 1.39. The highest BCUT2D eigenvalue weighted by atomic mass is 79.9. The van der Waals surface area contributed by atoms with E-state index in [0.717, 1.165) is 25.8 Å². The van der Waals surface area contributed by atoms with E-state index < -0.39 is 0 Å². The molecule has 1 N–H and O–H groups in total. The SMILES string of the molecule is O=C1NCCCCC1Br.[MgH2]. The fourth-order valence-electron chi connectivity index (χ4n) is 0.902. The maximum absolute atomic E-state index is 10.9. The van der Waals surface area contributed by atoms with Crippen molar-refractivity contribution in [1.82, 2.24) is 5.32 Å². The molecule has 1 saturated heterocycles. The summed E-state index contributed by atoms with van der Waals surface area (Å²) in [7, 11) is 0. The van der Waals surface area contributed by atoms with Crippen molar-refractivity contribution in [2.24, 2.45) is 0 Å². The van der Waals surface area contributed by atoms with Crippen LogP contribution in [0.2, 0.25) is 0 Å². The van der Waals surface area contributed by atoms with Crippen molar-refractivity contribution in [3.05, 3.63) is 0 Å². The van der Waals surface area contributed by atoms with Crippen molar-refractivity contribution < 1.29 is 4.79 Å². The molecule has 0 aromatic carbocycles. The summed E-state index contributed by atoms with van der Waals surface area (Å²) in [5.41, 5.74) is 0. The molecule has 56 valence electrons. The van der Waals surface area contributed by atoms with E-state index in [9.17, 15) is 4.79 Å². The van der Waals surface area contributed by atoms with E-state index in [0.29, 0.717) is 0 Å². The average molecular weight is 218 g/mol. The van der Waals surface area contributed by atoms with Crippen molar-refractivity contribution in [3.63, 3.8) is 0 Å². The van der Waals surface area contributed by atoms with Gasteiger partial charge in [0, 0.05) is 6.54 Å². The highest BCUT2D eigenvalue weighted by molar-refractivity contribution is 9.10. The Labute approximate surface area is 85.4 Å². The minimum absolute atomic E-state index is 0. The zero-order valence-corrected chi connectivity index (χ0v) is 6.78. The molecule has 2 nitrogen and oxygen atoms in total. The maximum Gasteiger partial charge on any atom is 0.316 e. The van der Waals surface area contributed by atoms with Crippen LogP contribution in [-0.2, 0) is 4.79 Å². The number of hydrogen-bond acceptors (Lipinski definition) is 1. The van der Waals surface area contributed by atoms with Crippen LogP contribution in [0.25, 0.3) is 0 Å². The Morgan fingerprint density at radius 3 is 2.90 bits per heavy atom. The molecule has 1 aliphatic rings. The van der Waals surface area contributed by atoms with Crippen LogP contribution in [-0.4, -0.2) is 40.3 Å². The number of carbonyl (C=O) groups excluding carboxylic acids is 1. The van der Waals surface area contributed by atoms with Crippen LogP contribution in [0.4, 0.5) is 0 Å². The monoisotopic (exact) mass is 217 g/mol. The topological polar surface area (TPSA) is 29.1 Å². The molecule has 4 heteroatoms. The second-order valence-corrected chi connectivity index (χ2v) is 3.36. The molecule has 0 radical (unpaired) electrons. The Hall–Kier alpha value is 0.716. The molecule has 0 aromatic rings. The van der Waals surface area contributed by atoms with Gasteiger partial charge in [0.2, 0.25) is 5.91 Å². The summed E-state index contributed by atoms with van der Waals surface area (Å²) in [6.45, 7) is 0.848. The number of nitrogens with one attached hydrogen (secondary N) is 1. The average Bonchev–Trinajstić information content (AvgIpc) is 1.99. The lowest BCUT2D eigenvalue weighted by molar-refractivity contribution is -0.120. The zero-order chi connectivity index (χ0) is 6.69. The normalized spacial score (nSPS) is 26.1. The Morgan fingerprint density at radius 2 is 2.20 bits per heavy atom. The lowest BCUT2D eigenvalue weighted by Gasteiger charge is -2.01. The number of alkyl halides is 1. The van der Waals surface area contributed by atoms with Crippen molar-refractivity contribution in [3.8, 4) is 0 Å². The molecule has 0 saturated carbocycles. The van der Waals surface area contributed by atoms with Gasteiger partial charge >= 0.3 is 23.1 Å². The fraction of sp³-hybridized carbons (Fsp3) is 0.833. The number of rotatable bonds is 0. The summed E-state index contributed by atoms with van der Waals surface area (Å²) >= 11 is 3.29. The van der Waals surface area contributed by atoms with Crippen molar-refractivity contribution in [2.75, 3.05) is 6.54 Å². The second-order valence-electron chi connectivity index (χ2n) is 2.25. The van der Waals surface area contributed by atoms with E-state index in [2.05, 4.69) is 21.2 Å². The highest BCUT2D eigenvalue weighted by Gasteiger charge is 2.15. The van der Waals surface area contributed by atoms with E-state index >= 15 is 0 Å². The maximum atomic E-state index is 10.9. The van der Waals surface area contributed by atoms with Gasteiger partial charge < -0.3 is 5.32 Å². The van der Waals surface area contributed by atoms with Crippen LogP contribution in [0.15, 0.2) is 0 Å². The molecule has 1 rings (SSSR count). The summed E-state index contributed by atoms with van der Waals surface area (Å²) in [4.78, 5) is 10.9. The van der Waals surface area contributed by atoms with Gasteiger partial charge in [0.15, 0.2) is 0 Å². The Balaban J connectivity index is 0.000000810. The predicted molar refractivity (Wildman–Crippen MR) is 48.1 cm³/mol. The predicted octanol–water partition coefficient (Wildman–Crippen LogP) is 0.134. The molecule has 1 aliphatic heterocycles. The number of halogens is 1. The van der Waals surface area contributed by atoms with Gasteiger partial charge in [0.1, 0.15) is 0 Å². The number of carbonyl (C=O) groups is 1. The van der Waals surface area contributed by atoms with Crippen molar-refractivity contribution >= 4 is 44.9 Å². The molecule has 0 spiro atoms. The van der Waals surface area contributed by atoms with E-state index in [4.69, 9.17) is 0 Å². The Bertz CT molecular complexity index is 120. The molecule has 0 aromatic heterocycles. The lowest BCUT2D eigenvalue weighted by Crippen LogP contribution is -2.28.